The van der Waals surface area contributed by atoms with Crippen LogP contribution < -0.4 is 5.32 Å². The largest absolute Gasteiger partial charge is 0.465 e. The second-order valence-electron chi connectivity index (χ2n) is 10.1. The maximum Gasteiger partial charge on any atom is 0.413 e. The number of nitriles is 1. The van der Waals surface area contributed by atoms with Crippen molar-refractivity contribution >= 4 is 34.6 Å². The summed E-state index contributed by atoms with van der Waals surface area (Å²) in [6.45, 7) is 5.41. The van der Waals surface area contributed by atoms with Crippen LogP contribution in [0.3, 0.4) is 0 Å². The molecular weight excluding hydrogens is 481 g/mol. The lowest BCUT2D eigenvalue weighted by atomic mass is 9.69. The minimum absolute atomic E-state index is 0.0382. The van der Waals surface area contributed by atoms with Crippen molar-refractivity contribution in [2.24, 2.45) is 10.9 Å². The van der Waals surface area contributed by atoms with Gasteiger partial charge in [0.15, 0.2) is 5.17 Å². The van der Waals surface area contributed by atoms with Gasteiger partial charge in [-0.05, 0) is 69.9 Å². The van der Waals surface area contributed by atoms with E-state index in [9.17, 15) is 14.7 Å². The van der Waals surface area contributed by atoms with Gasteiger partial charge < -0.3 is 10.4 Å². The molecule has 0 spiro atoms. The Morgan fingerprint density at radius 1 is 1.28 bits per heavy atom. The van der Waals surface area contributed by atoms with Crippen LogP contribution in [0.25, 0.3) is 0 Å². The van der Waals surface area contributed by atoms with Crippen molar-refractivity contribution < 1.29 is 19.1 Å². The quantitative estimate of drug-likeness (QED) is 0.555. The number of carbonyl (C=O) groups is 2. The second-order valence-corrected chi connectivity index (χ2v) is 11.0. The summed E-state index contributed by atoms with van der Waals surface area (Å²) >= 11 is 1.40. The lowest BCUT2D eigenvalue weighted by Crippen LogP contribution is -2.52. The fourth-order valence-corrected chi connectivity index (χ4v) is 6.39. The van der Waals surface area contributed by atoms with Gasteiger partial charge in [0.05, 0.1) is 11.1 Å². The highest BCUT2D eigenvalue weighted by Gasteiger charge is 2.48. The van der Waals surface area contributed by atoms with Crippen LogP contribution in [-0.2, 0) is 5.54 Å². The lowest BCUT2D eigenvalue weighted by molar-refractivity contribution is 0.102. The maximum absolute atomic E-state index is 15.4. The van der Waals surface area contributed by atoms with E-state index in [1.54, 1.807) is 26.8 Å². The Labute approximate surface area is 213 Å². The molecule has 2 aromatic rings. The van der Waals surface area contributed by atoms with E-state index in [0.717, 1.165) is 19.3 Å². The van der Waals surface area contributed by atoms with Crippen LogP contribution in [-0.4, -0.2) is 43.5 Å². The van der Waals surface area contributed by atoms with Crippen molar-refractivity contribution in [1.29, 1.82) is 5.26 Å². The fraction of sp³-hybridized carbons (Fsp3) is 0.423. The summed E-state index contributed by atoms with van der Waals surface area (Å²) in [6, 6.07) is 9.31. The molecule has 188 valence electrons. The maximum atomic E-state index is 15.4. The van der Waals surface area contributed by atoms with Crippen LogP contribution in [0.15, 0.2) is 41.5 Å². The molecule has 2 heterocycles. The molecule has 1 aromatic heterocycles. The van der Waals surface area contributed by atoms with E-state index < -0.39 is 28.9 Å². The molecule has 1 saturated carbocycles. The van der Waals surface area contributed by atoms with Gasteiger partial charge in [-0.1, -0.05) is 24.6 Å². The van der Waals surface area contributed by atoms with Crippen molar-refractivity contribution in [3.05, 3.63) is 59.2 Å². The number of pyridine rings is 1. The van der Waals surface area contributed by atoms with E-state index in [0.29, 0.717) is 34.2 Å². The average Bonchev–Trinajstić information content (AvgIpc) is 2.84. The summed E-state index contributed by atoms with van der Waals surface area (Å²) in [5.74, 6) is -0.257. The van der Waals surface area contributed by atoms with Crippen molar-refractivity contribution in [1.82, 2.24) is 9.88 Å². The highest BCUT2D eigenvalue weighted by molar-refractivity contribution is 8.13. The number of amidine groups is 1. The number of thioether (sulfide) groups is 1. The van der Waals surface area contributed by atoms with E-state index >= 15 is 4.39 Å². The van der Waals surface area contributed by atoms with Gasteiger partial charge in [-0.2, -0.15) is 5.26 Å². The molecule has 2 atom stereocenters. The third-order valence-electron chi connectivity index (χ3n) is 6.61. The summed E-state index contributed by atoms with van der Waals surface area (Å²) in [7, 11) is 0. The van der Waals surface area contributed by atoms with Crippen LogP contribution in [0, 0.1) is 23.1 Å². The standard InChI is InChI=1S/C26H28FN5O3S/c1-25(2,3)32(24(34)35)23-31-26(11-5-4-6-17(26)15-36-23)19-12-18(8-9-20(19)27)30-22(33)21-10-7-16(13-28)14-29-21/h7-10,12,14,17H,4-6,11,15H2,1-3H3,(H,30,33)(H,34,35). The number of hydrogen-bond donors (Lipinski definition) is 2. The number of hydrogen-bond acceptors (Lipinski definition) is 6. The first-order valence-electron chi connectivity index (χ1n) is 11.8. The van der Waals surface area contributed by atoms with Crippen molar-refractivity contribution in [3.63, 3.8) is 0 Å². The van der Waals surface area contributed by atoms with Gasteiger partial charge in [-0.25, -0.2) is 14.2 Å². The minimum atomic E-state index is -1.10. The number of nitrogens with one attached hydrogen (secondary N) is 1. The topological polar surface area (TPSA) is 119 Å². The van der Waals surface area contributed by atoms with Gasteiger partial charge in [-0.3, -0.25) is 14.7 Å². The lowest BCUT2D eigenvalue weighted by Gasteiger charge is -2.47. The van der Waals surface area contributed by atoms with Gasteiger partial charge in [0.1, 0.15) is 17.6 Å². The number of carboxylic acid groups (broad SMARTS) is 1. The minimum Gasteiger partial charge on any atom is -0.465 e. The highest BCUT2D eigenvalue weighted by Crippen LogP contribution is 2.51. The van der Waals surface area contributed by atoms with Crippen LogP contribution in [0.5, 0.6) is 0 Å². The van der Waals surface area contributed by atoms with Gasteiger partial charge in [-0.15, -0.1) is 0 Å². The van der Waals surface area contributed by atoms with Crippen LogP contribution in [0.4, 0.5) is 14.9 Å². The Balaban J connectivity index is 1.74. The third kappa shape index (κ3) is 4.93. The van der Waals surface area contributed by atoms with E-state index in [1.165, 1.54) is 47.1 Å². The molecular formula is C26H28FN5O3S. The van der Waals surface area contributed by atoms with Gasteiger partial charge in [0.2, 0.25) is 0 Å². The number of aromatic nitrogens is 1. The molecule has 1 aliphatic heterocycles. The molecule has 1 fully saturated rings. The zero-order valence-electron chi connectivity index (χ0n) is 20.4. The molecule has 10 heteroatoms. The number of benzene rings is 1. The predicted octanol–water partition coefficient (Wildman–Crippen LogP) is 5.61. The van der Waals surface area contributed by atoms with E-state index in [4.69, 9.17) is 10.3 Å². The number of nitrogens with zero attached hydrogens (tertiary/aromatic N) is 4. The first-order chi connectivity index (χ1) is 17.0. The Hall–Kier alpha value is -3.45. The van der Waals surface area contributed by atoms with E-state index in [1.807, 2.05) is 6.07 Å². The van der Waals surface area contributed by atoms with Crippen molar-refractivity contribution in [2.75, 3.05) is 11.1 Å². The highest BCUT2D eigenvalue weighted by atomic mass is 32.2. The van der Waals surface area contributed by atoms with Crippen molar-refractivity contribution in [2.45, 2.75) is 57.5 Å². The number of carbonyl (C=O) groups excluding carboxylic acids is 1. The van der Waals surface area contributed by atoms with Gasteiger partial charge in [0, 0.05) is 28.7 Å². The first-order valence-corrected chi connectivity index (χ1v) is 12.8. The molecule has 2 unspecified atom stereocenters. The predicted molar refractivity (Wildman–Crippen MR) is 136 cm³/mol. The molecule has 36 heavy (non-hydrogen) atoms. The van der Waals surface area contributed by atoms with Gasteiger partial charge in [0.25, 0.3) is 5.91 Å². The summed E-state index contributed by atoms with van der Waals surface area (Å²) in [5, 5.41) is 22.0. The molecule has 2 aliphatic rings. The molecule has 2 N–H and O–H groups in total. The Morgan fingerprint density at radius 2 is 2.06 bits per heavy atom. The zero-order valence-corrected chi connectivity index (χ0v) is 21.2. The van der Waals surface area contributed by atoms with E-state index in [-0.39, 0.29) is 11.6 Å². The van der Waals surface area contributed by atoms with Crippen LogP contribution in [0.2, 0.25) is 0 Å². The normalized spacial score (nSPS) is 21.5. The molecule has 2 amide bonds. The summed E-state index contributed by atoms with van der Waals surface area (Å²) in [6.07, 6.45) is 3.50. The van der Waals surface area contributed by atoms with Crippen LogP contribution in [0.1, 0.15) is 68.1 Å². The Bertz CT molecular complexity index is 1250. The number of amides is 2. The molecule has 4 rings (SSSR count). The Kier molecular flexibility index (Phi) is 7.05. The smallest absolute Gasteiger partial charge is 0.413 e. The number of rotatable bonds is 3. The molecule has 0 radical (unpaired) electrons. The van der Waals surface area contributed by atoms with Crippen molar-refractivity contribution in [3.8, 4) is 6.07 Å². The molecule has 0 saturated heterocycles. The molecule has 8 nitrogen and oxygen atoms in total. The molecule has 1 aromatic carbocycles. The summed E-state index contributed by atoms with van der Waals surface area (Å²) in [4.78, 5) is 35.1. The SMILES string of the molecule is CC(C)(C)N(C(=O)O)C1=NC2(c3cc(NC(=O)c4ccc(C#N)cn4)ccc3F)CCCCC2CS1. The Morgan fingerprint density at radius 3 is 2.69 bits per heavy atom. The number of anilines is 1. The average molecular weight is 510 g/mol. The number of fused-ring (bicyclic) bond motifs is 1. The first kappa shape index (κ1) is 25.6. The third-order valence-corrected chi connectivity index (χ3v) is 7.71. The van der Waals surface area contributed by atoms with Gasteiger partial charge >= 0.3 is 6.09 Å². The monoisotopic (exact) mass is 509 g/mol. The summed E-state index contributed by atoms with van der Waals surface area (Å²) in [5.41, 5.74) is -0.423. The van der Waals surface area contributed by atoms with Crippen LogP contribution >= 0.6 is 11.8 Å². The van der Waals surface area contributed by atoms with E-state index in [2.05, 4.69) is 10.3 Å². The number of aliphatic imine (C=N–C) groups is 1. The summed E-state index contributed by atoms with van der Waals surface area (Å²) < 4.78 is 15.4. The second kappa shape index (κ2) is 9.90. The molecule has 0 bridgehead atoms. The molecule has 1 aliphatic carbocycles. The number of halogens is 1. The fourth-order valence-electron chi connectivity index (χ4n) is 4.88. The zero-order chi connectivity index (χ0) is 26.1.